The van der Waals surface area contributed by atoms with Crippen LogP contribution in [-0.4, -0.2) is 43.8 Å². The fourth-order valence-electron chi connectivity index (χ4n) is 1.91. The number of carbonyl (C=O) groups is 1. The highest BCUT2D eigenvalue weighted by atomic mass is 32.2. The second kappa shape index (κ2) is 7.14. The lowest BCUT2D eigenvalue weighted by Crippen LogP contribution is -2.27. The molecule has 3 heterocycles. The molecule has 3 aromatic rings. The average molecular weight is 333 g/mol. The summed E-state index contributed by atoms with van der Waals surface area (Å²) in [6.45, 7) is 0.864. The van der Waals surface area contributed by atoms with Crippen molar-refractivity contribution >= 4 is 17.7 Å². The van der Waals surface area contributed by atoms with Gasteiger partial charge in [0, 0.05) is 7.05 Å². The molecule has 0 spiro atoms. The van der Waals surface area contributed by atoms with Crippen molar-refractivity contribution in [2.24, 2.45) is 0 Å². The summed E-state index contributed by atoms with van der Waals surface area (Å²) in [7, 11) is 1.73. The Kier molecular flexibility index (Phi) is 4.77. The predicted molar refractivity (Wildman–Crippen MR) is 81.5 cm³/mol. The minimum Gasteiger partial charge on any atom is -0.467 e. The minimum absolute atomic E-state index is 0.0288. The fraction of sp³-hybridized carbons (Fsp3) is 0.286. The third kappa shape index (κ3) is 4.01. The van der Waals surface area contributed by atoms with E-state index in [2.05, 4.69) is 15.5 Å². The topological polar surface area (TPSA) is 90.2 Å². The van der Waals surface area contributed by atoms with E-state index in [0.29, 0.717) is 18.2 Å². The molecule has 0 aliphatic rings. The summed E-state index contributed by atoms with van der Waals surface area (Å²) >= 11 is 1.29. The van der Waals surface area contributed by atoms with Crippen LogP contribution in [0.1, 0.15) is 11.5 Å². The van der Waals surface area contributed by atoms with Crippen molar-refractivity contribution in [1.82, 2.24) is 25.1 Å². The standard InChI is InChI=1S/C14H15N5O3S/c1-18(8-11-4-2-6-21-11)13(20)10-23-14-15-16-17-19(14)9-12-5-3-7-22-12/h2-7H,8-10H2,1H3. The fourth-order valence-corrected chi connectivity index (χ4v) is 2.73. The summed E-state index contributed by atoms with van der Waals surface area (Å²) in [6.07, 6.45) is 3.19. The van der Waals surface area contributed by atoms with E-state index in [4.69, 9.17) is 8.83 Å². The molecule has 120 valence electrons. The highest BCUT2D eigenvalue weighted by Crippen LogP contribution is 2.16. The van der Waals surface area contributed by atoms with Gasteiger partial charge < -0.3 is 13.7 Å². The number of thioether (sulfide) groups is 1. The van der Waals surface area contributed by atoms with Gasteiger partial charge in [-0.1, -0.05) is 11.8 Å². The van der Waals surface area contributed by atoms with Gasteiger partial charge >= 0.3 is 0 Å². The Morgan fingerprint density at radius 3 is 2.70 bits per heavy atom. The summed E-state index contributed by atoms with van der Waals surface area (Å²) in [4.78, 5) is 13.8. The molecule has 0 aliphatic heterocycles. The molecule has 0 N–H and O–H groups in total. The number of tetrazole rings is 1. The molecule has 0 aliphatic carbocycles. The van der Waals surface area contributed by atoms with Crippen LogP contribution >= 0.6 is 11.8 Å². The van der Waals surface area contributed by atoms with E-state index in [1.165, 1.54) is 11.8 Å². The van der Waals surface area contributed by atoms with Crippen LogP contribution in [0.5, 0.6) is 0 Å². The first-order valence-electron chi connectivity index (χ1n) is 6.90. The van der Waals surface area contributed by atoms with Gasteiger partial charge in [-0.05, 0) is 34.7 Å². The maximum absolute atomic E-state index is 12.2. The highest BCUT2D eigenvalue weighted by Gasteiger charge is 2.15. The summed E-state index contributed by atoms with van der Waals surface area (Å²) < 4.78 is 12.1. The van der Waals surface area contributed by atoms with Gasteiger partial charge in [-0.2, -0.15) is 0 Å². The molecule has 3 aromatic heterocycles. The van der Waals surface area contributed by atoms with E-state index >= 15 is 0 Å². The van der Waals surface area contributed by atoms with Gasteiger partial charge in [0.25, 0.3) is 0 Å². The maximum atomic E-state index is 12.2. The van der Waals surface area contributed by atoms with E-state index in [1.807, 2.05) is 12.1 Å². The van der Waals surface area contributed by atoms with Crippen LogP contribution in [0.3, 0.4) is 0 Å². The van der Waals surface area contributed by atoms with E-state index in [0.717, 1.165) is 11.5 Å². The number of hydrogen-bond donors (Lipinski definition) is 0. The zero-order chi connectivity index (χ0) is 16.1. The zero-order valence-corrected chi connectivity index (χ0v) is 13.3. The molecule has 0 radical (unpaired) electrons. The monoisotopic (exact) mass is 333 g/mol. The number of amides is 1. The molecule has 0 saturated carbocycles. The number of furan rings is 2. The molecule has 0 saturated heterocycles. The van der Waals surface area contributed by atoms with Crippen molar-refractivity contribution in [3.8, 4) is 0 Å². The van der Waals surface area contributed by atoms with Gasteiger partial charge in [-0.25, -0.2) is 4.68 Å². The van der Waals surface area contributed by atoms with E-state index in [9.17, 15) is 4.79 Å². The highest BCUT2D eigenvalue weighted by molar-refractivity contribution is 7.99. The molecule has 8 nitrogen and oxygen atoms in total. The Hall–Kier alpha value is -2.55. The Bertz CT molecular complexity index is 738. The molecule has 0 fully saturated rings. The molecule has 1 amide bonds. The van der Waals surface area contributed by atoms with Crippen LogP contribution in [0.25, 0.3) is 0 Å². The smallest absolute Gasteiger partial charge is 0.233 e. The molecular weight excluding hydrogens is 318 g/mol. The second-order valence-electron chi connectivity index (χ2n) is 4.82. The summed E-state index contributed by atoms with van der Waals surface area (Å²) in [5, 5.41) is 12.1. The number of rotatable bonds is 7. The van der Waals surface area contributed by atoms with Crippen molar-refractivity contribution in [3.63, 3.8) is 0 Å². The lowest BCUT2D eigenvalue weighted by atomic mass is 10.4. The third-order valence-electron chi connectivity index (χ3n) is 3.11. The summed E-state index contributed by atoms with van der Waals surface area (Å²) in [5.74, 6) is 1.71. The first-order valence-corrected chi connectivity index (χ1v) is 7.88. The van der Waals surface area contributed by atoms with Gasteiger partial charge in [0.15, 0.2) is 0 Å². The van der Waals surface area contributed by atoms with Crippen LogP contribution < -0.4 is 0 Å². The summed E-state index contributed by atoms with van der Waals surface area (Å²) in [6, 6.07) is 7.28. The molecule has 3 rings (SSSR count). The molecular formula is C14H15N5O3S. The van der Waals surface area contributed by atoms with Crippen molar-refractivity contribution in [2.75, 3.05) is 12.8 Å². The van der Waals surface area contributed by atoms with Gasteiger partial charge in [0.2, 0.25) is 11.1 Å². The Labute approximate surface area is 136 Å². The molecule has 0 unspecified atom stereocenters. The van der Waals surface area contributed by atoms with E-state index in [-0.39, 0.29) is 11.7 Å². The lowest BCUT2D eigenvalue weighted by Gasteiger charge is -2.15. The van der Waals surface area contributed by atoms with Crippen molar-refractivity contribution in [1.29, 1.82) is 0 Å². The van der Waals surface area contributed by atoms with Gasteiger partial charge in [-0.15, -0.1) is 5.10 Å². The SMILES string of the molecule is CN(Cc1ccco1)C(=O)CSc1nnnn1Cc1ccco1. The number of carbonyl (C=O) groups excluding carboxylic acids is 1. The number of nitrogens with zero attached hydrogens (tertiary/aromatic N) is 5. The van der Waals surface area contributed by atoms with Crippen LogP contribution in [0.2, 0.25) is 0 Å². The van der Waals surface area contributed by atoms with Crippen LogP contribution in [0, 0.1) is 0 Å². The molecule has 9 heteroatoms. The van der Waals surface area contributed by atoms with Crippen molar-refractivity contribution < 1.29 is 13.6 Å². The zero-order valence-electron chi connectivity index (χ0n) is 12.5. The summed E-state index contributed by atoms with van der Waals surface area (Å²) in [5.41, 5.74) is 0. The molecule has 0 bridgehead atoms. The van der Waals surface area contributed by atoms with Gasteiger partial charge in [-0.3, -0.25) is 4.79 Å². The van der Waals surface area contributed by atoms with Crippen LogP contribution in [0.4, 0.5) is 0 Å². The molecule has 0 aromatic carbocycles. The van der Waals surface area contributed by atoms with Crippen molar-refractivity contribution in [2.45, 2.75) is 18.2 Å². The lowest BCUT2D eigenvalue weighted by molar-refractivity contribution is -0.127. The average Bonchev–Trinajstić information content (AvgIpc) is 3.28. The normalized spacial score (nSPS) is 10.8. The van der Waals surface area contributed by atoms with E-state index < -0.39 is 0 Å². The minimum atomic E-state index is -0.0288. The predicted octanol–water partition coefficient (Wildman–Crippen LogP) is 1.66. The first-order chi connectivity index (χ1) is 11.2. The largest absolute Gasteiger partial charge is 0.467 e. The van der Waals surface area contributed by atoms with Gasteiger partial charge in [0.1, 0.15) is 18.1 Å². The molecule has 0 atom stereocenters. The van der Waals surface area contributed by atoms with Crippen LogP contribution in [-0.2, 0) is 17.9 Å². The number of aromatic nitrogens is 4. The first kappa shape index (κ1) is 15.3. The number of hydrogen-bond acceptors (Lipinski definition) is 7. The quantitative estimate of drug-likeness (QED) is 0.607. The second-order valence-corrected chi connectivity index (χ2v) is 5.76. The van der Waals surface area contributed by atoms with Crippen LogP contribution in [0.15, 0.2) is 50.8 Å². The van der Waals surface area contributed by atoms with Crippen molar-refractivity contribution in [3.05, 3.63) is 48.3 Å². The maximum Gasteiger partial charge on any atom is 0.233 e. The Morgan fingerprint density at radius 1 is 1.26 bits per heavy atom. The molecule has 23 heavy (non-hydrogen) atoms. The Balaban J connectivity index is 1.54. The Morgan fingerprint density at radius 2 is 2.00 bits per heavy atom. The van der Waals surface area contributed by atoms with Gasteiger partial charge in [0.05, 0.1) is 24.8 Å². The van der Waals surface area contributed by atoms with E-state index in [1.54, 1.807) is 41.3 Å². The third-order valence-corrected chi connectivity index (χ3v) is 4.05.